The molecule has 2 rings (SSSR count). The third-order valence-corrected chi connectivity index (χ3v) is 4.25. The van der Waals surface area contributed by atoms with Crippen molar-refractivity contribution in [2.75, 3.05) is 32.8 Å². The first-order valence-corrected chi connectivity index (χ1v) is 7.63. The van der Waals surface area contributed by atoms with Crippen molar-refractivity contribution < 1.29 is 13.9 Å². The smallest absolute Gasteiger partial charge is 0.145 e. The lowest BCUT2D eigenvalue weighted by molar-refractivity contribution is 0.148. The van der Waals surface area contributed by atoms with Crippen LogP contribution in [-0.4, -0.2) is 42.8 Å². The fourth-order valence-corrected chi connectivity index (χ4v) is 2.98. The Hall–Kier alpha value is -0.270. The van der Waals surface area contributed by atoms with Crippen LogP contribution in [0, 0.1) is 11.6 Å². The zero-order valence-electron chi connectivity index (χ0n) is 11.6. The van der Waals surface area contributed by atoms with Crippen molar-refractivity contribution in [3.05, 3.63) is 33.8 Å². The van der Waals surface area contributed by atoms with Gasteiger partial charge in [-0.05, 0) is 40.9 Å². The second-order valence-electron chi connectivity index (χ2n) is 4.92. The molecule has 0 aromatic heterocycles. The first-order chi connectivity index (χ1) is 9.65. The molecule has 1 aliphatic rings. The SMILES string of the molecule is Cl.OCCC[C@@H](c1c(F)ccc(Br)c1F)N1CCNCC1. The van der Waals surface area contributed by atoms with E-state index in [4.69, 9.17) is 5.11 Å². The average molecular weight is 386 g/mol. The zero-order chi connectivity index (χ0) is 14.5. The standard InChI is InChI=1S/C14H19BrF2N2O.ClH/c15-10-3-4-11(16)13(14(10)17)12(2-1-9-20)19-7-5-18-6-8-19;/h3-4,12,18,20H,1-2,5-9H2;1H/t12-;/m0./s1. The number of hydrogen-bond acceptors (Lipinski definition) is 3. The quantitative estimate of drug-likeness (QED) is 0.765. The number of rotatable bonds is 5. The van der Waals surface area contributed by atoms with Crippen molar-refractivity contribution in [3.63, 3.8) is 0 Å². The lowest BCUT2D eigenvalue weighted by atomic mass is 9.98. The van der Waals surface area contributed by atoms with Crippen molar-refractivity contribution in [1.82, 2.24) is 10.2 Å². The van der Waals surface area contributed by atoms with Crippen LogP contribution in [0.25, 0.3) is 0 Å². The third-order valence-electron chi connectivity index (χ3n) is 3.64. The summed E-state index contributed by atoms with van der Waals surface area (Å²) in [6, 6.07) is 2.34. The first-order valence-electron chi connectivity index (χ1n) is 6.84. The van der Waals surface area contributed by atoms with Gasteiger partial charge in [0, 0.05) is 44.4 Å². The fraction of sp³-hybridized carbons (Fsp3) is 0.571. The van der Waals surface area contributed by atoms with Gasteiger partial charge in [0.25, 0.3) is 0 Å². The molecule has 1 saturated heterocycles. The van der Waals surface area contributed by atoms with Gasteiger partial charge in [-0.2, -0.15) is 0 Å². The largest absolute Gasteiger partial charge is 0.396 e. The molecule has 0 amide bonds. The molecule has 1 fully saturated rings. The number of hydrogen-bond donors (Lipinski definition) is 2. The summed E-state index contributed by atoms with van der Waals surface area (Å²) in [5.74, 6) is -1.06. The van der Waals surface area contributed by atoms with Gasteiger partial charge in [0.1, 0.15) is 11.6 Å². The molecule has 1 aliphatic heterocycles. The molecule has 1 aromatic rings. The van der Waals surface area contributed by atoms with Crippen LogP contribution in [0.5, 0.6) is 0 Å². The maximum atomic E-state index is 14.3. The van der Waals surface area contributed by atoms with Crippen LogP contribution in [0.3, 0.4) is 0 Å². The molecule has 0 radical (unpaired) electrons. The van der Waals surface area contributed by atoms with Gasteiger partial charge in [0.15, 0.2) is 0 Å². The number of piperazine rings is 1. The molecule has 1 aromatic carbocycles. The van der Waals surface area contributed by atoms with E-state index >= 15 is 0 Å². The summed E-state index contributed by atoms with van der Waals surface area (Å²) in [5.41, 5.74) is 0.106. The Bertz CT molecular complexity index is 459. The Morgan fingerprint density at radius 2 is 1.95 bits per heavy atom. The van der Waals surface area contributed by atoms with Crippen molar-refractivity contribution in [2.24, 2.45) is 0 Å². The molecule has 1 heterocycles. The van der Waals surface area contributed by atoms with Crippen molar-refractivity contribution in [2.45, 2.75) is 18.9 Å². The maximum Gasteiger partial charge on any atom is 0.145 e. The number of halogens is 4. The highest BCUT2D eigenvalue weighted by Crippen LogP contribution is 2.33. The summed E-state index contributed by atoms with van der Waals surface area (Å²) < 4.78 is 28.7. The topological polar surface area (TPSA) is 35.5 Å². The van der Waals surface area contributed by atoms with E-state index < -0.39 is 11.6 Å². The second kappa shape index (κ2) is 9.00. The summed E-state index contributed by atoms with van der Waals surface area (Å²) in [5, 5.41) is 12.3. The molecule has 3 nitrogen and oxygen atoms in total. The number of aliphatic hydroxyl groups is 1. The Kier molecular flexibility index (Phi) is 8.05. The molecule has 0 bridgehead atoms. The molecule has 120 valence electrons. The Morgan fingerprint density at radius 3 is 2.57 bits per heavy atom. The molecule has 0 saturated carbocycles. The van der Waals surface area contributed by atoms with Crippen molar-refractivity contribution >= 4 is 28.3 Å². The molecular weight excluding hydrogens is 366 g/mol. The molecule has 0 unspecified atom stereocenters. The lowest BCUT2D eigenvalue weighted by Gasteiger charge is -2.35. The lowest BCUT2D eigenvalue weighted by Crippen LogP contribution is -2.45. The van der Waals surface area contributed by atoms with Gasteiger partial charge in [0.05, 0.1) is 4.47 Å². The molecule has 1 atom stereocenters. The zero-order valence-corrected chi connectivity index (χ0v) is 14.0. The molecule has 2 N–H and O–H groups in total. The van der Waals surface area contributed by atoms with E-state index in [0.717, 1.165) is 26.2 Å². The van der Waals surface area contributed by atoms with Gasteiger partial charge in [-0.25, -0.2) is 8.78 Å². The summed E-state index contributed by atoms with van der Waals surface area (Å²) in [4.78, 5) is 2.08. The van der Waals surface area contributed by atoms with Crippen LogP contribution in [-0.2, 0) is 0 Å². The van der Waals surface area contributed by atoms with E-state index in [-0.39, 0.29) is 35.1 Å². The molecule has 7 heteroatoms. The maximum absolute atomic E-state index is 14.3. The van der Waals surface area contributed by atoms with Gasteiger partial charge in [0.2, 0.25) is 0 Å². The number of benzene rings is 1. The van der Waals surface area contributed by atoms with Crippen molar-refractivity contribution in [3.8, 4) is 0 Å². The number of aliphatic hydroxyl groups excluding tert-OH is 1. The van der Waals surface area contributed by atoms with Crippen LogP contribution in [0.4, 0.5) is 8.78 Å². The highest BCUT2D eigenvalue weighted by molar-refractivity contribution is 9.10. The minimum Gasteiger partial charge on any atom is -0.396 e. The molecule has 0 aliphatic carbocycles. The summed E-state index contributed by atoms with van der Waals surface area (Å²) in [6.07, 6.45) is 1.07. The van der Waals surface area contributed by atoms with E-state index in [0.29, 0.717) is 12.8 Å². The predicted octanol–water partition coefficient (Wildman–Crippen LogP) is 2.87. The van der Waals surface area contributed by atoms with Crippen LogP contribution in [0.1, 0.15) is 24.4 Å². The predicted molar refractivity (Wildman–Crippen MR) is 84.8 cm³/mol. The second-order valence-corrected chi connectivity index (χ2v) is 5.78. The Morgan fingerprint density at radius 1 is 1.29 bits per heavy atom. The van der Waals surface area contributed by atoms with Gasteiger partial charge < -0.3 is 10.4 Å². The molecule has 21 heavy (non-hydrogen) atoms. The van der Waals surface area contributed by atoms with Crippen LogP contribution >= 0.6 is 28.3 Å². The van der Waals surface area contributed by atoms with E-state index in [1.165, 1.54) is 12.1 Å². The summed E-state index contributed by atoms with van der Waals surface area (Å²) in [7, 11) is 0. The Balaban J connectivity index is 0.00000220. The first kappa shape index (κ1) is 18.8. The minimum absolute atomic E-state index is 0. The van der Waals surface area contributed by atoms with Gasteiger partial charge >= 0.3 is 0 Å². The number of nitrogens with zero attached hydrogens (tertiary/aromatic N) is 1. The number of nitrogens with one attached hydrogen (secondary N) is 1. The fourth-order valence-electron chi connectivity index (χ4n) is 2.64. The van der Waals surface area contributed by atoms with E-state index in [9.17, 15) is 8.78 Å². The third kappa shape index (κ3) is 4.60. The van der Waals surface area contributed by atoms with Gasteiger partial charge in [-0.1, -0.05) is 0 Å². The van der Waals surface area contributed by atoms with E-state index in [1.54, 1.807) is 0 Å². The van der Waals surface area contributed by atoms with Gasteiger partial charge in [-0.15, -0.1) is 12.4 Å². The average Bonchev–Trinajstić information content (AvgIpc) is 2.47. The summed E-state index contributed by atoms with van der Waals surface area (Å²) in [6.45, 7) is 3.16. The van der Waals surface area contributed by atoms with Crippen LogP contribution in [0.15, 0.2) is 16.6 Å². The highest BCUT2D eigenvalue weighted by atomic mass is 79.9. The van der Waals surface area contributed by atoms with Crippen LogP contribution < -0.4 is 5.32 Å². The van der Waals surface area contributed by atoms with E-state index in [2.05, 4.69) is 26.1 Å². The van der Waals surface area contributed by atoms with Crippen LogP contribution in [0.2, 0.25) is 0 Å². The monoisotopic (exact) mass is 384 g/mol. The highest BCUT2D eigenvalue weighted by Gasteiger charge is 2.28. The molecular formula is C14H20BrClF2N2O. The summed E-state index contributed by atoms with van der Waals surface area (Å²) >= 11 is 3.12. The minimum atomic E-state index is -0.536. The molecule has 0 spiro atoms. The van der Waals surface area contributed by atoms with Gasteiger partial charge in [-0.3, -0.25) is 4.90 Å². The van der Waals surface area contributed by atoms with E-state index in [1.807, 2.05) is 0 Å². The van der Waals surface area contributed by atoms with Crippen molar-refractivity contribution in [1.29, 1.82) is 0 Å². The Labute approximate surface area is 138 Å². The normalized spacial score (nSPS) is 17.3.